The van der Waals surface area contributed by atoms with Gasteiger partial charge in [-0.25, -0.2) is 5.43 Å². The van der Waals surface area contributed by atoms with Crippen molar-refractivity contribution in [2.45, 2.75) is 25.5 Å². The van der Waals surface area contributed by atoms with E-state index < -0.39 is 0 Å². The monoisotopic (exact) mass is 481 g/mol. The molecule has 1 heterocycles. The lowest BCUT2D eigenvalue weighted by molar-refractivity contribution is -0.118. The first-order valence-electron chi connectivity index (χ1n) is 8.99. The molecule has 0 aliphatic heterocycles. The van der Waals surface area contributed by atoms with Gasteiger partial charge in [0.1, 0.15) is 0 Å². The van der Waals surface area contributed by atoms with Crippen LogP contribution in [0.1, 0.15) is 19.4 Å². The van der Waals surface area contributed by atoms with E-state index in [2.05, 4.69) is 20.7 Å². The number of aromatic nitrogens is 3. The van der Waals surface area contributed by atoms with Crippen LogP contribution in [0.5, 0.6) is 0 Å². The van der Waals surface area contributed by atoms with Crippen LogP contribution in [-0.4, -0.2) is 32.1 Å². The van der Waals surface area contributed by atoms with Crippen LogP contribution in [0.4, 0.5) is 0 Å². The fourth-order valence-corrected chi connectivity index (χ4v) is 3.81. The van der Waals surface area contributed by atoms with Crippen molar-refractivity contribution in [1.29, 1.82) is 0 Å². The van der Waals surface area contributed by atoms with Crippen molar-refractivity contribution >= 4 is 58.2 Å². The lowest BCUT2D eigenvalue weighted by Crippen LogP contribution is -2.21. The number of carbonyl (C=O) groups excluding carboxylic acids is 1. The minimum Gasteiger partial charge on any atom is -0.302 e. The molecule has 6 nitrogen and oxygen atoms in total. The van der Waals surface area contributed by atoms with Crippen LogP contribution in [0.3, 0.4) is 0 Å². The van der Waals surface area contributed by atoms with Gasteiger partial charge in [0.25, 0.3) is 5.91 Å². The van der Waals surface area contributed by atoms with Crippen molar-refractivity contribution in [1.82, 2.24) is 20.2 Å². The van der Waals surface area contributed by atoms with Crippen LogP contribution >= 0.6 is 46.6 Å². The fourth-order valence-electron chi connectivity index (χ4n) is 2.59. The summed E-state index contributed by atoms with van der Waals surface area (Å²) >= 11 is 19.2. The van der Waals surface area contributed by atoms with Gasteiger partial charge in [-0.15, -0.1) is 10.2 Å². The maximum absolute atomic E-state index is 12.2. The third-order valence-electron chi connectivity index (χ3n) is 4.15. The number of halogens is 3. The van der Waals surface area contributed by atoms with Crippen molar-refractivity contribution in [2.24, 2.45) is 5.10 Å². The lowest BCUT2D eigenvalue weighted by atomic mass is 10.1. The Morgan fingerprint density at radius 2 is 1.83 bits per heavy atom. The molecule has 0 bridgehead atoms. The molecule has 0 saturated carbocycles. The van der Waals surface area contributed by atoms with E-state index in [9.17, 15) is 4.79 Å². The second kappa shape index (κ2) is 10.3. The third kappa shape index (κ3) is 5.55. The van der Waals surface area contributed by atoms with Crippen LogP contribution in [0.25, 0.3) is 11.4 Å². The summed E-state index contributed by atoms with van der Waals surface area (Å²) in [6, 6.07) is 12.6. The zero-order chi connectivity index (χ0) is 21.7. The van der Waals surface area contributed by atoms with E-state index in [1.165, 1.54) is 11.8 Å². The summed E-state index contributed by atoms with van der Waals surface area (Å²) < 4.78 is 1.95. The highest BCUT2D eigenvalue weighted by Gasteiger charge is 2.14. The minimum absolute atomic E-state index is 0.150. The molecule has 1 amide bonds. The number of amides is 1. The Morgan fingerprint density at radius 3 is 2.50 bits per heavy atom. The van der Waals surface area contributed by atoms with Crippen LogP contribution < -0.4 is 5.43 Å². The second-order valence-electron chi connectivity index (χ2n) is 6.21. The van der Waals surface area contributed by atoms with Gasteiger partial charge in [-0.1, -0.05) is 52.6 Å². The Balaban J connectivity index is 1.63. The summed E-state index contributed by atoms with van der Waals surface area (Å²) in [4.78, 5) is 12.2. The molecular weight excluding hydrogens is 465 g/mol. The molecule has 1 N–H and O–H groups in total. The molecule has 0 radical (unpaired) electrons. The van der Waals surface area contributed by atoms with Gasteiger partial charge in [-0.2, -0.15) is 5.10 Å². The molecule has 0 spiro atoms. The number of thioether (sulfide) groups is 1. The average molecular weight is 483 g/mol. The van der Waals surface area contributed by atoms with Gasteiger partial charge < -0.3 is 4.57 Å². The molecule has 30 heavy (non-hydrogen) atoms. The summed E-state index contributed by atoms with van der Waals surface area (Å²) in [7, 11) is 0. The van der Waals surface area contributed by atoms with E-state index in [4.69, 9.17) is 34.8 Å². The second-order valence-corrected chi connectivity index (χ2v) is 8.40. The van der Waals surface area contributed by atoms with E-state index in [0.29, 0.717) is 32.5 Å². The molecular formula is C20H18Cl3N5OS. The molecule has 0 aliphatic carbocycles. The van der Waals surface area contributed by atoms with Gasteiger partial charge in [-0.3, -0.25) is 4.79 Å². The average Bonchev–Trinajstić information content (AvgIpc) is 3.15. The molecule has 3 rings (SSSR count). The zero-order valence-corrected chi connectivity index (χ0v) is 19.3. The van der Waals surface area contributed by atoms with E-state index in [0.717, 1.165) is 17.0 Å². The molecule has 1 aromatic heterocycles. The summed E-state index contributed by atoms with van der Waals surface area (Å²) in [5, 5.41) is 14.8. The number of rotatable bonds is 7. The van der Waals surface area contributed by atoms with Crippen molar-refractivity contribution in [2.75, 3.05) is 5.75 Å². The quantitative estimate of drug-likeness (QED) is 0.272. The molecule has 2 aromatic carbocycles. The topological polar surface area (TPSA) is 72.2 Å². The maximum Gasteiger partial charge on any atom is 0.250 e. The Bertz CT molecular complexity index is 1080. The summed E-state index contributed by atoms with van der Waals surface area (Å²) in [5.74, 6) is 0.625. The molecule has 10 heteroatoms. The SMILES string of the molecule is CCn1c(SCC(=O)N/N=C(/C)c2ccc(Cl)c(Cl)c2)nnc1-c1ccc(Cl)cc1. The largest absolute Gasteiger partial charge is 0.302 e. The van der Waals surface area contributed by atoms with Crippen LogP contribution in [0.2, 0.25) is 15.1 Å². The van der Waals surface area contributed by atoms with Gasteiger partial charge in [0, 0.05) is 17.1 Å². The van der Waals surface area contributed by atoms with Crippen molar-refractivity contribution in [3.8, 4) is 11.4 Å². The Morgan fingerprint density at radius 1 is 1.10 bits per heavy atom. The number of carbonyl (C=O) groups is 1. The highest BCUT2D eigenvalue weighted by molar-refractivity contribution is 7.99. The van der Waals surface area contributed by atoms with Crippen LogP contribution in [0.15, 0.2) is 52.7 Å². The number of hydrogen-bond donors (Lipinski definition) is 1. The molecule has 0 aliphatic rings. The molecule has 156 valence electrons. The van der Waals surface area contributed by atoms with Crippen LogP contribution in [-0.2, 0) is 11.3 Å². The lowest BCUT2D eigenvalue weighted by Gasteiger charge is -2.07. The molecule has 3 aromatic rings. The van der Waals surface area contributed by atoms with E-state index in [1.807, 2.05) is 23.6 Å². The first-order chi connectivity index (χ1) is 14.4. The number of hydrogen-bond acceptors (Lipinski definition) is 5. The Labute approximate surface area is 193 Å². The number of hydrazone groups is 1. The van der Waals surface area contributed by atoms with Gasteiger partial charge in [0.05, 0.1) is 21.5 Å². The first-order valence-corrected chi connectivity index (χ1v) is 11.1. The van der Waals surface area contributed by atoms with E-state index in [1.54, 1.807) is 37.3 Å². The Kier molecular flexibility index (Phi) is 7.77. The summed E-state index contributed by atoms with van der Waals surface area (Å²) in [6.07, 6.45) is 0. The normalized spacial score (nSPS) is 11.6. The zero-order valence-electron chi connectivity index (χ0n) is 16.2. The van der Waals surface area contributed by atoms with Gasteiger partial charge in [-0.05, 0) is 55.8 Å². The minimum atomic E-state index is -0.252. The van der Waals surface area contributed by atoms with E-state index >= 15 is 0 Å². The smallest absolute Gasteiger partial charge is 0.250 e. The highest BCUT2D eigenvalue weighted by Crippen LogP contribution is 2.25. The van der Waals surface area contributed by atoms with E-state index in [-0.39, 0.29) is 11.7 Å². The molecule has 0 atom stereocenters. The van der Waals surface area contributed by atoms with Gasteiger partial charge in [0.15, 0.2) is 11.0 Å². The third-order valence-corrected chi connectivity index (χ3v) is 6.11. The first kappa shape index (κ1) is 22.6. The fraction of sp³-hybridized carbons (Fsp3) is 0.200. The standard InChI is InChI=1S/C20H18Cl3N5OS/c1-3-28-19(13-4-7-15(21)8-5-13)26-27-20(28)30-11-18(29)25-24-12(2)14-6-9-16(22)17(23)10-14/h4-10H,3,11H2,1-2H3,(H,25,29)/b24-12-. The van der Waals surface area contributed by atoms with Crippen molar-refractivity contribution < 1.29 is 4.79 Å². The molecule has 0 saturated heterocycles. The van der Waals surface area contributed by atoms with Crippen LogP contribution in [0, 0.1) is 0 Å². The van der Waals surface area contributed by atoms with Gasteiger partial charge in [0.2, 0.25) is 0 Å². The molecule has 0 fully saturated rings. The predicted octanol–water partition coefficient (Wildman–Crippen LogP) is 5.56. The Hall–Kier alpha value is -2.06. The van der Waals surface area contributed by atoms with Gasteiger partial charge >= 0.3 is 0 Å². The molecule has 0 unspecified atom stereocenters. The summed E-state index contributed by atoms with van der Waals surface area (Å²) in [5.41, 5.74) is 4.85. The number of nitrogens with zero attached hydrogens (tertiary/aromatic N) is 4. The van der Waals surface area contributed by atoms with Crippen molar-refractivity contribution in [3.63, 3.8) is 0 Å². The van der Waals surface area contributed by atoms with Crippen molar-refractivity contribution in [3.05, 3.63) is 63.1 Å². The maximum atomic E-state index is 12.2. The number of nitrogens with one attached hydrogen (secondary N) is 1. The predicted molar refractivity (Wildman–Crippen MR) is 124 cm³/mol. The highest BCUT2D eigenvalue weighted by atomic mass is 35.5. The summed E-state index contributed by atoms with van der Waals surface area (Å²) in [6.45, 7) is 4.44. The number of benzene rings is 2.